The number of aromatic nitrogens is 1. The summed E-state index contributed by atoms with van der Waals surface area (Å²) in [5.41, 5.74) is 6.94. The molecule has 3 saturated heterocycles. The highest BCUT2D eigenvalue weighted by atomic mass is 32.2. The first-order chi connectivity index (χ1) is 18.4. The first kappa shape index (κ1) is 25.7. The van der Waals surface area contributed by atoms with Crippen LogP contribution >= 0.6 is 23.1 Å². The van der Waals surface area contributed by atoms with Crippen LogP contribution < -0.4 is 9.64 Å². The number of carboxylic acids is 1. The lowest BCUT2D eigenvalue weighted by Gasteiger charge is -2.51. The molecule has 8 heteroatoms. The van der Waals surface area contributed by atoms with Crippen LogP contribution in [0.2, 0.25) is 0 Å². The summed E-state index contributed by atoms with van der Waals surface area (Å²) in [6, 6.07) is 13.0. The zero-order valence-electron chi connectivity index (χ0n) is 22.1. The van der Waals surface area contributed by atoms with E-state index in [1.165, 1.54) is 46.8 Å². The predicted molar refractivity (Wildman–Crippen MR) is 155 cm³/mol. The number of carbonyl (C=O) groups is 1. The number of hydrogen-bond acceptors (Lipinski definition) is 7. The van der Waals surface area contributed by atoms with Crippen molar-refractivity contribution in [3.8, 4) is 17.0 Å². The lowest BCUT2D eigenvalue weighted by molar-refractivity contribution is -0.153. The molecule has 1 saturated carbocycles. The number of carboxylic acid groups (broad SMARTS) is 1. The maximum atomic E-state index is 11.5. The Morgan fingerprint density at radius 3 is 2.63 bits per heavy atom. The number of anilines is 1. The third-order valence-corrected chi connectivity index (χ3v) is 10.1. The third-order valence-electron chi connectivity index (χ3n) is 8.29. The van der Waals surface area contributed by atoms with E-state index in [9.17, 15) is 9.90 Å². The Bertz CT molecular complexity index is 1310. The summed E-state index contributed by atoms with van der Waals surface area (Å²) in [5, 5.41) is 12.6. The molecule has 2 atom stereocenters. The average Bonchev–Trinajstić information content (AvgIpc) is 3.39. The molecule has 4 heterocycles. The molecular formula is C30H35N3O3S2. The molecule has 3 aromatic rings. The van der Waals surface area contributed by atoms with Crippen molar-refractivity contribution in [2.45, 2.75) is 33.4 Å². The van der Waals surface area contributed by atoms with E-state index >= 15 is 0 Å². The van der Waals surface area contributed by atoms with Crippen LogP contribution in [0, 0.1) is 31.6 Å². The average molecular weight is 550 g/mol. The summed E-state index contributed by atoms with van der Waals surface area (Å²) in [6.45, 7) is 9.71. The van der Waals surface area contributed by atoms with Gasteiger partial charge in [0.15, 0.2) is 5.13 Å². The maximum Gasteiger partial charge on any atom is 0.307 e. The van der Waals surface area contributed by atoms with Crippen molar-refractivity contribution >= 4 is 34.2 Å². The molecule has 4 fully saturated rings. The fourth-order valence-electron chi connectivity index (χ4n) is 6.14. The van der Waals surface area contributed by atoms with Crippen LogP contribution in [-0.2, 0) is 17.9 Å². The summed E-state index contributed by atoms with van der Waals surface area (Å²) in [4.78, 5) is 21.3. The van der Waals surface area contributed by atoms with Crippen LogP contribution in [0.1, 0.15) is 28.7 Å². The molecule has 1 aromatic heterocycles. The Labute approximate surface area is 233 Å². The number of thioether (sulfide) groups is 1. The SMILES string of the molecule is Cc1ccc(OCc2ccc(CN3CCSCC3)cc2C)c(-c2csc(N3CC4CC(C3)C4C(=O)O)n2)c1. The smallest absolute Gasteiger partial charge is 0.307 e. The molecule has 2 aromatic carbocycles. The fraction of sp³-hybridized carbons (Fsp3) is 0.467. The minimum absolute atomic E-state index is 0.177. The number of piperidine rings is 2. The van der Waals surface area contributed by atoms with E-state index in [0.717, 1.165) is 48.2 Å². The minimum atomic E-state index is -0.640. The highest BCUT2D eigenvalue weighted by Crippen LogP contribution is 2.47. The van der Waals surface area contributed by atoms with Crippen LogP contribution in [0.15, 0.2) is 41.8 Å². The van der Waals surface area contributed by atoms with Crippen LogP contribution in [0.25, 0.3) is 11.3 Å². The van der Waals surface area contributed by atoms with Gasteiger partial charge in [0.25, 0.3) is 0 Å². The van der Waals surface area contributed by atoms with Crippen molar-refractivity contribution in [1.29, 1.82) is 0 Å². The molecule has 1 N–H and O–H groups in total. The number of ether oxygens (including phenoxy) is 1. The van der Waals surface area contributed by atoms with E-state index in [0.29, 0.717) is 6.61 Å². The van der Waals surface area contributed by atoms with Gasteiger partial charge >= 0.3 is 5.97 Å². The lowest BCUT2D eigenvalue weighted by atomic mass is 9.62. The van der Waals surface area contributed by atoms with E-state index < -0.39 is 5.97 Å². The van der Waals surface area contributed by atoms with Crippen molar-refractivity contribution < 1.29 is 14.6 Å². The Balaban J connectivity index is 1.14. The second kappa shape index (κ2) is 10.9. The van der Waals surface area contributed by atoms with Gasteiger partial charge in [0.1, 0.15) is 12.4 Å². The molecule has 2 bridgehead atoms. The number of aliphatic carboxylic acids is 1. The summed E-state index contributed by atoms with van der Waals surface area (Å²) in [5.74, 6) is 2.97. The number of benzene rings is 2. The molecular weight excluding hydrogens is 514 g/mol. The molecule has 2 unspecified atom stereocenters. The molecule has 1 aliphatic carbocycles. The molecule has 7 rings (SSSR count). The van der Waals surface area contributed by atoms with E-state index in [4.69, 9.17) is 9.72 Å². The first-order valence-electron chi connectivity index (χ1n) is 13.5. The number of rotatable bonds is 8. The Morgan fingerprint density at radius 2 is 1.89 bits per heavy atom. The van der Waals surface area contributed by atoms with Gasteiger partial charge in [0.05, 0.1) is 11.6 Å². The number of hydrogen-bond donors (Lipinski definition) is 1. The van der Waals surface area contributed by atoms with Gasteiger partial charge in [-0.05, 0) is 60.9 Å². The normalized spacial score (nSPS) is 23.2. The van der Waals surface area contributed by atoms with Crippen LogP contribution in [0.3, 0.4) is 0 Å². The second-order valence-corrected chi connectivity index (χ2v) is 13.0. The van der Waals surface area contributed by atoms with Crippen molar-refractivity contribution in [3.63, 3.8) is 0 Å². The van der Waals surface area contributed by atoms with Crippen LogP contribution in [-0.4, -0.2) is 58.6 Å². The summed E-state index contributed by atoms with van der Waals surface area (Å²) < 4.78 is 6.40. The van der Waals surface area contributed by atoms with E-state index in [1.807, 2.05) is 11.8 Å². The quantitative estimate of drug-likeness (QED) is 0.386. The van der Waals surface area contributed by atoms with Crippen LogP contribution in [0.5, 0.6) is 5.75 Å². The van der Waals surface area contributed by atoms with E-state index in [2.05, 4.69) is 65.4 Å². The Hall–Kier alpha value is -2.55. The Kier molecular flexibility index (Phi) is 7.38. The summed E-state index contributed by atoms with van der Waals surface area (Å²) in [7, 11) is 0. The highest BCUT2D eigenvalue weighted by Gasteiger charge is 2.51. The van der Waals surface area contributed by atoms with Crippen molar-refractivity contribution in [2.75, 3.05) is 42.6 Å². The molecule has 0 amide bonds. The van der Waals surface area contributed by atoms with Gasteiger partial charge in [-0.25, -0.2) is 4.98 Å². The summed E-state index contributed by atoms with van der Waals surface area (Å²) >= 11 is 3.68. The number of thiazole rings is 1. The fourth-order valence-corrected chi connectivity index (χ4v) is 7.97. The van der Waals surface area contributed by atoms with Crippen molar-refractivity contribution in [1.82, 2.24) is 9.88 Å². The summed E-state index contributed by atoms with van der Waals surface area (Å²) in [6.07, 6.45) is 1.03. The molecule has 38 heavy (non-hydrogen) atoms. The van der Waals surface area contributed by atoms with Gasteiger partial charge in [-0.1, -0.05) is 29.8 Å². The van der Waals surface area contributed by atoms with Crippen molar-refractivity contribution in [3.05, 3.63) is 64.0 Å². The number of nitrogens with zero attached hydrogens (tertiary/aromatic N) is 3. The molecule has 4 aliphatic rings. The Morgan fingerprint density at radius 1 is 1.11 bits per heavy atom. The highest BCUT2D eigenvalue weighted by molar-refractivity contribution is 7.99. The van der Waals surface area contributed by atoms with E-state index in [-0.39, 0.29) is 17.8 Å². The second-order valence-electron chi connectivity index (χ2n) is 11.0. The van der Waals surface area contributed by atoms with E-state index in [1.54, 1.807) is 11.3 Å². The molecule has 0 spiro atoms. The van der Waals surface area contributed by atoms with Gasteiger partial charge in [-0.3, -0.25) is 9.69 Å². The van der Waals surface area contributed by atoms with Gasteiger partial charge in [0, 0.05) is 55.2 Å². The first-order valence-corrected chi connectivity index (χ1v) is 15.5. The van der Waals surface area contributed by atoms with Gasteiger partial charge < -0.3 is 14.7 Å². The minimum Gasteiger partial charge on any atom is -0.488 e. The topological polar surface area (TPSA) is 65.9 Å². The zero-order chi connectivity index (χ0) is 26.2. The molecule has 6 nitrogen and oxygen atoms in total. The lowest BCUT2D eigenvalue weighted by Crippen LogP contribution is -2.57. The number of aryl methyl sites for hydroxylation is 2. The predicted octanol–water partition coefficient (Wildman–Crippen LogP) is 5.71. The third kappa shape index (κ3) is 5.31. The van der Waals surface area contributed by atoms with Gasteiger partial charge in [-0.2, -0.15) is 11.8 Å². The van der Waals surface area contributed by atoms with Crippen LogP contribution in [0.4, 0.5) is 5.13 Å². The standard InChI is InChI=1S/C30H35N3O3S2/c1-19-3-6-27(36-17-22-5-4-21(12-20(22)2)14-32-7-9-37-10-8-32)25(11-19)26-18-38-30(31-26)33-15-23-13-24(16-33)28(23)29(34)35/h3-6,11-12,18,23-24,28H,7-10,13-17H2,1-2H3,(H,34,35). The van der Waals surface area contributed by atoms with Gasteiger partial charge in [-0.15, -0.1) is 11.3 Å². The zero-order valence-corrected chi connectivity index (χ0v) is 23.7. The van der Waals surface area contributed by atoms with Crippen molar-refractivity contribution in [2.24, 2.45) is 17.8 Å². The maximum absolute atomic E-state index is 11.5. The largest absolute Gasteiger partial charge is 0.488 e. The molecule has 0 radical (unpaired) electrons. The monoisotopic (exact) mass is 549 g/mol. The number of fused-ring (bicyclic) bond motifs is 2. The molecule has 3 aliphatic heterocycles. The molecule has 200 valence electrons. The van der Waals surface area contributed by atoms with Gasteiger partial charge in [0.2, 0.25) is 0 Å².